The highest BCUT2D eigenvalue weighted by Crippen LogP contribution is 2.32. The Bertz CT molecular complexity index is 1070. The van der Waals surface area contributed by atoms with Crippen LogP contribution < -0.4 is 10.1 Å². The number of benzene rings is 2. The first-order chi connectivity index (χ1) is 14.5. The second kappa shape index (κ2) is 8.83. The Labute approximate surface area is 176 Å². The molecule has 6 nitrogen and oxygen atoms in total. The molecule has 1 aliphatic rings. The van der Waals surface area contributed by atoms with Gasteiger partial charge in [0.05, 0.1) is 17.6 Å². The number of nitrogens with zero attached hydrogens (tertiary/aromatic N) is 1. The minimum absolute atomic E-state index is 0.0202. The maximum Gasteiger partial charge on any atom is 0.416 e. The fourth-order valence-corrected chi connectivity index (χ4v) is 4.84. The van der Waals surface area contributed by atoms with E-state index in [0.717, 1.165) is 28.6 Å². The van der Waals surface area contributed by atoms with Crippen molar-refractivity contribution in [2.75, 3.05) is 25.5 Å². The molecule has 3 rings (SSSR count). The molecule has 11 heteroatoms. The maximum atomic E-state index is 13.8. The van der Waals surface area contributed by atoms with Gasteiger partial charge >= 0.3 is 6.18 Å². The summed E-state index contributed by atoms with van der Waals surface area (Å²) < 4.78 is 83.8. The van der Waals surface area contributed by atoms with Gasteiger partial charge in [-0.05, 0) is 43.2 Å². The van der Waals surface area contributed by atoms with Crippen LogP contribution in [0.3, 0.4) is 0 Å². The quantitative estimate of drug-likeness (QED) is 0.687. The van der Waals surface area contributed by atoms with E-state index in [2.05, 4.69) is 5.32 Å². The van der Waals surface area contributed by atoms with Crippen molar-refractivity contribution in [3.8, 4) is 5.75 Å². The lowest BCUT2D eigenvalue weighted by Gasteiger charge is -2.30. The van der Waals surface area contributed by atoms with Crippen LogP contribution in [0.1, 0.15) is 18.4 Å². The Kier molecular flexibility index (Phi) is 6.56. The van der Waals surface area contributed by atoms with E-state index in [1.165, 1.54) is 19.2 Å². The van der Waals surface area contributed by atoms with Crippen LogP contribution in [0.15, 0.2) is 47.4 Å². The molecule has 0 atom stereocenters. The average Bonchev–Trinajstić information content (AvgIpc) is 2.73. The van der Waals surface area contributed by atoms with Crippen LogP contribution in [0, 0.1) is 11.7 Å². The number of halogens is 4. The molecule has 0 radical (unpaired) electrons. The summed E-state index contributed by atoms with van der Waals surface area (Å²) in [6.45, 7) is -0.0404. The van der Waals surface area contributed by atoms with Gasteiger partial charge in [0.25, 0.3) is 0 Å². The standard InChI is InChI=1S/C20H20F4N2O4S/c1-30-18-6-5-15(12-17(18)21)25-19(27)13-7-9-26(10-8-13)31(28,29)16-4-2-3-14(11-16)20(22,23)24/h2-6,11-13H,7-10H2,1H3,(H,25,27). The summed E-state index contributed by atoms with van der Waals surface area (Å²) in [4.78, 5) is 12.0. The number of anilines is 1. The summed E-state index contributed by atoms with van der Waals surface area (Å²) in [6, 6.07) is 7.53. The average molecular weight is 460 g/mol. The van der Waals surface area contributed by atoms with E-state index in [1.54, 1.807) is 0 Å². The summed E-state index contributed by atoms with van der Waals surface area (Å²) in [5.74, 6) is -1.51. The minimum Gasteiger partial charge on any atom is -0.494 e. The SMILES string of the molecule is COc1ccc(NC(=O)C2CCN(S(=O)(=O)c3cccc(C(F)(F)F)c3)CC2)cc1F. The molecule has 2 aromatic rings. The fraction of sp³-hybridized carbons (Fsp3) is 0.350. The highest BCUT2D eigenvalue weighted by molar-refractivity contribution is 7.89. The number of ether oxygens (including phenoxy) is 1. The van der Waals surface area contributed by atoms with Crippen LogP contribution >= 0.6 is 0 Å². The molecular weight excluding hydrogens is 440 g/mol. The monoisotopic (exact) mass is 460 g/mol. The van der Waals surface area contributed by atoms with Gasteiger partial charge in [-0.3, -0.25) is 4.79 Å². The lowest BCUT2D eigenvalue weighted by molar-refractivity contribution is -0.137. The number of hydrogen-bond donors (Lipinski definition) is 1. The van der Waals surface area contributed by atoms with Gasteiger partial charge in [-0.15, -0.1) is 0 Å². The first kappa shape index (κ1) is 23.0. The van der Waals surface area contributed by atoms with Gasteiger partial charge < -0.3 is 10.1 Å². The third-order valence-corrected chi connectivity index (χ3v) is 6.94. The predicted molar refractivity (Wildman–Crippen MR) is 105 cm³/mol. The third kappa shape index (κ3) is 5.16. The van der Waals surface area contributed by atoms with Crippen molar-refractivity contribution in [1.29, 1.82) is 0 Å². The zero-order chi connectivity index (χ0) is 22.8. The third-order valence-electron chi connectivity index (χ3n) is 5.04. The van der Waals surface area contributed by atoms with Gasteiger partial charge in [0.15, 0.2) is 11.6 Å². The molecule has 0 spiro atoms. The molecule has 1 aliphatic heterocycles. The molecule has 0 unspecified atom stereocenters. The second-order valence-electron chi connectivity index (χ2n) is 7.04. The van der Waals surface area contributed by atoms with Crippen molar-refractivity contribution in [2.45, 2.75) is 23.9 Å². The molecule has 1 heterocycles. The Hall–Kier alpha value is -2.66. The number of carbonyl (C=O) groups is 1. The van der Waals surface area contributed by atoms with E-state index in [0.29, 0.717) is 6.07 Å². The van der Waals surface area contributed by atoms with Crippen molar-refractivity contribution in [2.24, 2.45) is 5.92 Å². The fourth-order valence-electron chi connectivity index (χ4n) is 3.33. The van der Waals surface area contributed by atoms with E-state index in [-0.39, 0.29) is 43.3 Å². The number of hydrogen-bond acceptors (Lipinski definition) is 4. The summed E-state index contributed by atoms with van der Waals surface area (Å²) in [7, 11) is -2.81. The summed E-state index contributed by atoms with van der Waals surface area (Å²) in [6.07, 6.45) is -4.29. The van der Waals surface area contributed by atoms with Crippen LogP contribution in [0.2, 0.25) is 0 Å². The first-order valence-corrected chi connectivity index (χ1v) is 10.8. The first-order valence-electron chi connectivity index (χ1n) is 9.34. The van der Waals surface area contributed by atoms with Gasteiger partial charge in [0, 0.05) is 30.8 Å². The second-order valence-corrected chi connectivity index (χ2v) is 8.98. The smallest absolute Gasteiger partial charge is 0.416 e. The minimum atomic E-state index is -4.66. The van der Waals surface area contributed by atoms with Crippen molar-refractivity contribution < 1.29 is 35.5 Å². The van der Waals surface area contributed by atoms with Gasteiger partial charge in [0.1, 0.15) is 0 Å². The van der Waals surface area contributed by atoms with Crippen molar-refractivity contribution in [1.82, 2.24) is 4.31 Å². The number of alkyl halides is 3. The molecule has 31 heavy (non-hydrogen) atoms. The highest BCUT2D eigenvalue weighted by atomic mass is 32.2. The van der Waals surface area contributed by atoms with Crippen molar-refractivity contribution in [3.63, 3.8) is 0 Å². The van der Waals surface area contributed by atoms with Crippen LogP contribution in [-0.2, 0) is 21.0 Å². The van der Waals surface area contributed by atoms with Crippen LogP contribution in [-0.4, -0.2) is 38.8 Å². The number of nitrogens with one attached hydrogen (secondary N) is 1. The van der Waals surface area contributed by atoms with E-state index in [9.17, 15) is 30.8 Å². The van der Waals surface area contributed by atoms with E-state index in [1.807, 2.05) is 0 Å². The van der Waals surface area contributed by atoms with E-state index in [4.69, 9.17) is 4.74 Å². The molecule has 0 aliphatic carbocycles. The number of rotatable bonds is 5. The molecule has 2 aromatic carbocycles. The Balaban J connectivity index is 1.65. The Morgan fingerprint density at radius 3 is 2.39 bits per heavy atom. The van der Waals surface area contributed by atoms with Crippen molar-refractivity contribution >= 4 is 21.6 Å². The van der Waals surface area contributed by atoms with Crippen LogP contribution in [0.4, 0.5) is 23.2 Å². The lowest BCUT2D eigenvalue weighted by Crippen LogP contribution is -2.41. The van der Waals surface area contributed by atoms with Crippen molar-refractivity contribution in [3.05, 3.63) is 53.8 Å². The normalized spacial score (nSPS) is 16.2. The largest absolute Gasteiger partial charge is 0.494 e. The lowest BCUT2D eigenvalue weighted by atomic mass is 9.97. The van der Waals surface area contributed by atoms with E-state index >= 15 is 0 Å². The summed E-state index contributed by atoms with van der Waals surface area (Å²) in [5.41, 5.74) is -0.808. The van der Waals surface area contributed by atoms with Gasteiger partial charge in [-0.2, -0.15) is 17.5 Å². The zero-order valence-corrected chi connectivity index (χ0v) is 17.3. The molecule has 1 saturated heterocycles. The van der Waals surface area contributed by atoms with E-state index < -0.39 is 38.4 Å². The maximum absolute atomic E-state index is 13.8. The number of piperidine rings is 1. The Morgan fingerprint density at radius 1 is 1.13 bits per heavy atom. The molecule has 0 bridgehead atoms. The van der Waals surface area contributed by atoms with Crippen LogP contribution in [0.5, 0.6) is 5.75 Å². The Morgan fingerprint density at radius 2 is 1.81 bits per heavy atom. The summed E-state index contributed by atoms with van der Waals surface area (Å²) >= 11 is 0. The molecule has 168 valence electrons. The van der Waals surface area contributed by atoms with Gasteiger partial charge in [0.2, 0.25) is 15.9 Å². The molecule has 0 aromatic heterocycles. The molecule has 0 saturated carbocycles. The molecular formula is C20H20F4N2O4S. The highest BCUT2D eigenvalue weighted by Gasteiger charge is 2.35. The van der Waals surface area contributed by atoms with Gasteiger partial charge in [-0.1, -0.05) is 6.07 Å². The van der Waals surface area contributed by atoms with Crippen LogP contribution in [0.25, 0.3) is 0 Å². The molecule has 1 amide bonds. The predicted octanol–water partition coefficient (Wildman–Crippen LogP) is 3.89. The van der Waals surface area contributed by atoms with Gasteiger partial charge in [-0.25, -0.2) is 12.8 Å². The molecule has 1 N–H and O–H groups in total. The number of sulfonamides is 1. The molecule has 1 fully saturated rings. The number of carbonyl (C=O) groups excluding carboxylic acids is 1. The number of methoxy groups -OCH3 is 1. The summed E-state index contributed by atoms with van der Waals surface area (Å²) in [5, 5.41) is 2.59. The topological polar surface area (TPSA) is 75.7 Å². The zero-order valence-electron chi connectivity index (χ0n) is 16.4. The number of amides is 1.